The highest BCUT2D eigenvalue weighted by molar-refractivity contribution is 5.41. The van der Waals surface area contributed by atoms with Gasteiger partial charge in [-0.1, -0.05) is 18.2 Å². The molecule has 1 aromatic rings. The summed E-state index contributed by atoms with van der Waals surface area (Å²) in [6, 6.07) is 6.12. The van der Waals surface area contributed by atoms with E-state index < -0.39 is 15.9 Å². The van der Waals surface area contributed by atoms with Crippen molar-refractivity contribution in [3.63, 3.8) is 0 Å². The Balaban J connectivity index is 2.55. The Labute approximate surface area is 120 Å². The molecule has 0 unspecified atom stereocenters. The summed E-state index contributed by atoms with van der Waals surface area (Å²) in [4.78, 5) is 22.3. The third kappa shape index (κ3) is 2.69. The van der Waals surface area contributed by atoms with Gasteiger partial charge in [0.15, 0.2) is 0 Å². The summed E-state index contributed by atoms with van der Waals surface area (Å²) in [6.07, 6.45) is 2.25. The summed E-state index contributed by atoms with van der Waals surface area (Å²) >= 11 is 0. The van der Waals surface area contributed by atoms with Gasteiger partial charge < -0.3 is 9.64 Å². The van der Waals surface area contributed by atoms with Crippen LogP contribution in [-0.4, -0.2) is 28.9 Å². The van der Waals surface area contributed by atoms with Gasteiger partial charge >= 0.3 is 0 Å². The van der Waals surface area contributed by atoms with Crippen molar-refractivity contribution in [1.29, 1.82) is 0 Å². The number of likely N-dealkylation sites (N-methyl/N-ethyl adjacent to an activating group) is 1. The minimum atomic E-state index is -0.750. The maximum absolute atomic E-state index is 11.3. The Morgan fingerprint density at radius 2 is 1.86 bits per heavy atom. The van der Waals surface area contributed by atoms with Crippen molar-refractivity contribution in [1.82, 2.24) is 4.90 Å². The fourth-order valence-electron chi connectivity index (χ4n) is 2.28. The molecule has 1 aliphatic rings. The first-order valence-corrected chi connectivity index (χ1v) is 6.02. The molecule has 0 saturated heterocycles. The van der Waals surface area contributed by atoms with Gasteiger partial charge in [0, 0.05) is 12.6 Å². The zero-order valence-electron chi connectivity index (χ0n) is 11.4. The molecule has 0 aromatic heterocycles. The van der Waals surface area contributed by atoms with E-state index >= 15 is 0 Å². The first-order valence-electron chi connectivity index (χ1n) is 6.02. The van der Waals surface area contributed by atoms with Gasteiger partial charge in [-0.3, -0.25) is 20.2 Å². The zero-order valence-corrected chi connectivity index (χ0v) is 11.4. The second-order valence-electron chi connectivity index (χ2n) is 4.45. The average molecular weight is 291 g/mol. The molecule has 21 heavy (non-hydrogen) atoms. The number of ether oxygens (including phenoxy) is 1. The van der Waals surface area contributed by atoms with Crippen molar-refractivity contribution in [2.45, 2.75) is 6.04 Å². The number of nitro groups is 2. The molecule has 1 aliphatic heterocycles. The maximum Gasteiger partial charge on any atom is 0.291 e. The van der Waals surface area contributed by atoms with Crippen LogP contribution in [0.2, 0.25) is 0 Å². The van der Waals surface area contributed by atoms with Gasteiger partial charge in [0.1, 0.15) is 11.8 Å². The van der Waals surface area contributed by atoms with Crippen molar-refractivity contribution >= 4 is 0 Å². The standard InChI is InChI=1S/C13H13N3O5/c1-14-8-9(15(17)18)7-11(16(19)20)13(14)10-5-3-4-6-12(10)21-2/h3-8,13H,1-2H3/t13-/m1/s1. The van der Waals surface area contributed by atoms with Crippen LogP contribution < -0.4 is 4.74 Å². The number of rotatable bonds is 4. The lowest BCUT2D eigenvalue weighted by Gasteiger charge is -2.27. The number of benzene rings is 1. The predicted molar refractivity (Wildman–Crippen MR) is 73.7 cm³/mol. The Morgan fingerprint density at radius 1 is 1.19 bits per heavy atom. The van der Waals surface area contributed by atoms with Crippen LogP contribution in [0.25, 0.3) is 0 Å². The van der Waals surface area contributed by atoms with E-state index in [9.17, 15) is 20.2 Å². The predicted octanol–water partition coefficient (Wildman–Crippen LogP) is 1.96. The number of para-hydroxylation sites is 1. The van der Waals surface area contributed by atoms with Crippen LogP contribution in [0, 0.1) is 20.2 Å². The monoisotopic (exact) mass is 291 g/mol. The molecule has 1 atom stereocenters. The second kappa shape index (κ2) is 5.61. The van der Waals surface area contributed by atoms with E-state index in [-0.39, 0.29) is 11.4 Å². The minimum Gasteiger partial charge on any atom is -0.496 e. The van der Waals surface area contributed by atoms with E-state index in [1.54, 1.807) is 31.3 Å². The number of allylic oxidation sites excluding steroid dienone is 1. The van der Waals surface area contributed by atoms with Crippen molar-refractivity contribution < 1.29 is 14.6 Å². The van der Waals surface area contributed by atoms with Crippen molar-refractivity contribution in [3.8, 4) is 5.75 Å². The lowest BCUT2D eigenvalue weighted by Crippen LogP contribution is -2.29. The smallest absolute Gasteiger partial charge is 0.291 e. The molecule has 0 amide bonds. The van der Waals surface area contributed by atoms with Crippen LogP contribution in [0.5, 0.6) is 5.75 Å². The molecular formula is C13H13N3O5. The SMILES string of the molecule is COc1ccccc1[C@@H]1C([N+](=O)[O-])=CC([N+](=O)[O-])=CN1C. The van der Waals surface area contributed by atoms with E-state index in [1.807, 2.05) is 0 Å². The van der Waals surface area contributed by atoms with Crippen LogP contribution in [-0.2, 0) is 0 Å². The molecule has 0 saturated carbocycles. The van der Waals surface area contributed by atoms with Gasteiger partial charge in [-0.25, -0.2) is 0 Å². The maximum atomic E-state index is 11.3. The Bertz CT molecular complexity index is 653. The fraction of sp³-hybridized carbons (Fsp3) is 0.231. The highest BCUT2D eigenvalue weighted by Crippen LogP contribution is 2.37. The van der Waals surface area contributed by atoms with Crippen LogP contribution in [0.4, 0.5) is 0 Å². The van der Waals surface area contributed by atoms with Crippen molar-refractivity contribution in [3.05, 3.63) is 73.7 Å². The second-order valence-corrected chi connectivity index (χ2v) is 4.45. The van der Waals surface area contributed by atoms with Gasteiger partial charge in [-0.2, -0.15) is 0 Å². The van der Waals surface area contributed by atoms with Crippen molar-refractivity contribution in [2.75, 3.05) is 14.2 Å². The molecule has 0 fully saturated rings. The Morgan fingerprint density at radius 3 is 2.43 bits per heavy atom. The van der Waals surface area contributed by atoms with Crippen LogP contribution in [0.15, 0.2) is 47.9 Å². The van der Waals surface area contributed by atoms with Gasteiger partial charge in [-0.15, -0.1) is 0 Å². The first-order chi connectivity index (χ1) is 9.95. The largest absolute Gasteiger partial charge is 0.496 e. The van der Waals surface area contributed by atoms with E-state index in [1.165, 1.54) is 18.2 Å². The molecule has 8 heteroatoms. The molecule has 0 radical (unpaired) electrons. The summed E-state index contributed by atoms with van der Waals surface area (Å²) in [6.45, 7) is 0. The van der Waals surface area contributed by atoms with Gasteiger partial charge in [0.05, 0.1) is 29.2 Å². The number of hydrogen-bond acceptors (Lipinski definition) is 6. The quantitative estimate of drug-likeness (QED) is 0.621. The minimum absolute atomic E-state index is 0.267. The van der Waals surface area contributed by atoms with Gasteiger partial charge in [0.2, 0.25) is 0 Å². The molecule has 0 aliphatic carbocycles. The Hall–Kier alpha value is -2.90. The van der Waals surface area contributed by atoms with Crippen LogP contribution >= 0.6 is 0 Å². The topological polar surface area (TPSA) is 98.8 Å². The summed E-state index contributed by atoms with van der Waals surface area (Å²) < 4.78 is 5.22. The lowest BCUT2D eigenvalue weighted by atomic mass is 9.99. The van der Waals surface area contributed by atoms with E-state index in [0.717, 1.165) is 6.08 Å². The highest BCUT2D eigenvalue weighted by Gasteiger charge is 2.37. The molecular weight excluding hydrogens is 278 g/mol. The molecule has 8 nitrogen and oxygen atoms in total. The van der Waals surface area contributed by atoms with Crippen LogP contribution in [0.1, 0.15) is 11.6 Å². The van der Waals surface area contributed by atoms with E-state index in [0.29, 0.717) is 11.3 Å². The zero-order chi connectivity index (χ0) is 15.6. The van der Waals surface area contributed by atoms with Gasteiger partial charge in [0.25, 0.3) is 11.4 Å². The molecule has 0 spiro atoms. The molecule has 1 aromatic carbocycles. The summed E-state index contributed by atoms with van der Waals surface area (Å²) in [7, 11) is 3.02. The molecule has 0 bridgehead atoms. The number of hydrogen-bond donors (Lipinski definition) is 0. The third-order valence-electron chi connectivity index (χ3n) is 3.17. The van der Waals surface area contributed by atoms with Crippen LogP contribution in [0.3, 0.4) is 0 Å². The molecule has 110 valence electrons. The highest BCUT2D eigenvalue weighted by atomic mass is 16.6. The first kappa shape index (κ1) is 14.5. The molecule has 0 N–H and O–H groups in total. The average Bonchev–Trinajstić information content (AvgIpc) is 2.46. The number of methoxy groups -OCH3 is 1. The fourth-order valence-corrected chi connectivity index (χ4v) is 2.28. The van der Waals surface area contributed by atoms with Gasteiger partial charge in [-0.05, 0) is 6.07 Å². The third-order valence-corrected chi connectivity index (χ3v) is 3.17. The van der Waals surface area contributed by atoms with E-state index in [4.69, 9.17) is 4.74 Å². The number of nitrogens with zero attached hydrogens (tertiary/aromatic N) is 3. The molecule has 1 heterocycles. The lowest BCUT2D eigenvalue weighted by molar-refractivity contribution is -0.443. The summed E-state index contributed by atoms with van der Waals surface area (Å²) in [5, 5.41) is 22.1. The summed E-state index contributed by atoms with van der Waals surface area (Å²) in [5.74, 6) is 0.486. The Kier molecular flexibility index (Phi) is 3.88. The normalized spacial score (nSPS) is 17.8. The van der Waals surface area contributed by atoms with E-state index in [2.05, 4.69) is 0 Å². The molecule has 2 rings (SSSR count). The van der Waals surface area contributed by atoms with Crippen molar-refractivity contribution in [2.24, 2.45) is 0 Å². The summed E-state index contributed by atoms with van der Waals surface area (Å²) in [5.41, 5.74) is -0.0179.